The molecule has 0 atom stereocenters. The standard InChI is InChI=1S/C24H24N2O6S/c1-17-6-8-18(9-7-17)15-25-23(27)16-32-24(28)19-4-3-5-22(14-19)33(29,30)26-20-10-12-21(31-2)13-11-20/h3-14,26H,15-16H2,1-2H3,(H,25,27). The van der Waals surface area contributed by atoms with Crippen molar-refractivity contribution in [1.82, 2.24) is 5.32 Å². The molecule has 33 heavy (non-hydrogen) atoms. The number of carbonyl (C=O) groups excluding carboxylic acids is 2. The number of hydrogen-bond acceptors (Lipinski definition) is 6. The van der Waals surface area contributed by atoms with Crippen molar-refractivity contribution < 1.29 is 27.5 Å². The fourth-order valence-electron chi connectivity index (χ4n) is 2.84. The van der Waals surface area contributed by atoms with Crippen LogP contribution in [0.15, 0.2) is 77.7 Å². The van der Waals surface area contributed by atoms with Crippen molar-refractivity contribution in [3.8, 4) is 5.75 Å². The van der Waals surface area contributed by atoms with Gasteiger partial charge >= 0.3 is 5.97 Å². The van der Waals surface area contributed by atoms with Gasteiger partial charge in [0.25, 0.3) is 15.9 Å². The van der Waals surface area contributed by atoms with Gasteiger partial charge in [-0.3, -0.25) is 9.52 Å². The maximum absolute atomic E-state index is 12.7. The fraction of sp³-hybridized carbons (Fsp3) is 0.167. The second-order valence-corrected chi connectivity index (χ2v) is 8.88. The number of ether oxygens (including phenoxy) is 2. The van der Waals surface area contributed by atoms with Crippen LogP contribution >= 0.6 is 0 Å². The monoisotopic (exact) mass is 468 g/mol. The van der Waals surface area contributed by atoms with Gasteiger partial charge < -0.3 is 14.8 Å². The fourth-order valence-corrected chi connectivity index (χ4v) is 3.94. The summed E-state index contributed by atoms with van der Waals surface area (Å²) in [6.07, 6.45) is 0. The van der Waals surface area contributed by atoms with E-state index >= 15 is 0 Å². The zero-order valence-corrected chi connectivity index (χ0v) is 19.0. The first-order valence-electron chi connectivity index (χ1n) is 10.0. The third-order valence-corrected chi connectivity index (χ3v) is 6.05. The Balaban J connectivity index is 1.57. The molecule has 0 saturated carbocycles. The molecule has 3 aromatic rings. The molecule has 0 radical (unpaired) electrons. The lowest BCUT2D eigenvalue weighted by atomic mass is 10.1. The molecule has 3 rings (SSSR count). The SMILES string of the molecule is COc1ccc(NS(=O)(=O)c2cccc(C(=O)OCC(=O)NCc3ccc(C)cc3)c2)cc1. The quantitative estimate of drug-likeness (QED) is 0.467. The summed E-state index contributed by atoms with van der Waals surface area (Å²) in [5.74, 6) is -0.679. The highest BCUT2D eigenvalue weighted by Gasteiger charge is 2.18. The average Bonchev–Trinajstić information content (AvgIpc) is 2.82. The topological polar surface area (TPSA) is 111 Å². The van der Waals surface area contributed by atoms with Crippen LogP contribution in [0.2, 0.25) is 0 Å². The van der Waals surface area contributed by atoms with Gasteiger partial charge in [-0.05, 0) is 55.0 Å². The van der Waals surface area contributed by atoms with E-state index in [1.165, 1.54) is 31.4 Å². The number of hydrogen-bond donors (Lipinski definition) is 2. The lowest BCUT2D eigenvalue weighted by Crippen LogP contribution is -2.28. The number of aryl methyl sites for hydroxylation is 1. The molecule has 0 heterocycles. The summed E-state index contributed by atoms with van der Waals surface area (Å²) < 4.78 is 37.9. The predicted octanol–water partition coefficient (Wildman–Crippen LogP) is 3.28. The molecule has 172 valence electrons. The van der Waals surface area contributed by atoms with Crippen molar-refractivity contribution >= 4 is 27.6 Å². The summed E-state index contributed by atoms with van der Waals surface area (Å²) >= 11 is 0. The molecule has 1 amide bonds. The Labute approximate surface area is 192 Å². The van der Waals surface area contributed by atoms with Crippen molar-refractivity contribution in [1.29, 1.82) is 0 Å². The number of methoxy groups -OCH3 is 1. The number of esters is 1. The molecule has 0 bridgehead atoms. The second-order valence-electron chi connectivity index (χ2n) is 7.20. The van der Waals surface area contributed by atoms with E-state index in [2.05, 4.69) is 10.0 Å². The first kappa shape index (κ1) is 23.8. The number of carbonyl (C=O) groups is 2. The molecule has 3 aromatic carbocycles. The first-order chi connectivity index (χ1) is 15.8. The zero-order valence-electron chi connectivity index (χ0n) is 18.2. The molecule has 0 aliphatic rings. The van der Waals surface area contributed by atoms with Crippen LogP contribution in [0.5, 0.6) is 5.75 Å². The largest absolute Gasteiger partial charge is 0.497 e. The number of nitrogens with one attached hydrogen (secondary N) is 2. The number of sulfonamides is 1. The van der Waals surface area contributed by atoms with Gasteiger partial charge in [0.1, 0.15) is 5.75 Å². The van der Waals surface area contributed by atoms with Gasteiger partial charge in [-0.1, -0.05) is 35.9 Å². The highest BCUT2D eigenvalue weighted by atomic mass is 32.2. The van der Waals surface area contributed by atoms with Crippen molar-refractivity contribution in [2.75, 3.05) is 18.4 Å². The predicted molar refractivity (Wildman–Crippen MR) is 124 cm³/mol. The molecule has 0 fully saturated rings. The highest BCUT2D eigenvalue weighted by molar-refractivity contribution is 7.92. The summed E-state index contributed by atoms with van der Waals surface area (Å²) in [6, 6.07) is 19.4. The van der Waals surface area contributed by atoms with E-state index in [-0.39, 0.29) is 10.5 Å². The normalized spacial score (nSPS) is 10.8. The van der Waals surface area contributed by atoms with Crippen LogP contribution in [-0.2, 0) is 26.1 Å². The second kappa shape index (κ2) is 10.6. The Hall–Kier alpha value is -3.85. The zero-order chi connectivity index (χ0) is 23.8. The van der Waals surface area contributed by atoms with E-state index in [1.807, 2.05) is 31.2 Å². The van der Waals surface area contributed by atoms with E-state index in [0.29, 0.717) is 18.0 Å². The molecule has 2 N–H and O–H groups in total. The third-order valence-electron chi connectivity index (χ3n) is 4.67. The van der Waals surface area contributed by atoms with Gasteiger partial charge in [-0.15, -0.1) is 0 Å². The molecule has 0 saturated heterocycles. The van der Waals surface area contributed by atoms with Crippen LogP contribution in [0.1, 0.15) is 21.5 Å². The summed E-state index contributed by atoms with van der Waals surface area (Å²) in [6.45, 7) is 1.80. The summed E-state index contributed by atoms with van der Waals surface area (Å²) in [5, 5.41) is 2.67. The minimum absolute atomic E-state index is 0.0129. The number of rotatable bonds is 9. The molecular weight excluding hydrogens is 444 g/mol. The molecule has 0 aliphatic heterocycles. The molecule has 0 unspecified atom stereocenters. The maximum atomic E-state index is 12.7. The molecule has 8 nitrogen and oxygen atoms in total. The van der Waals surface area contributed by atoms with Crippen LogP contribution in [-0.4, -0.2) is 34.0 Å². The van der Waals surface area contributed by atoms with E-state index in [9.17, 15) is 18.0 Å². The molecular formula is C24H24N2O6S. The van der Waals surface area contributed by atoms with Gasteiger partial charge in [0.05, 0.1) is 17.6 Å². The van der Waals surface area contributed by atoms with Crippen LogP contribution in [0.3, 0.4) is 0 Å². The number of amides is 1. The number of benzene rings is 3. The van der Waals surface area contributed by atoms with E-state index < -0.39 is 28.5 Å². The Kier molecular flexibility index (Phi) is 7.68. The summed E-state index contributed by atoms with van der Waals surface area (Å²) in [4.78, 5) is 24.2. The first-order valence-corrected chi connectivity index (χ1v) is 11.5. The summed E-state index contributed by atoms with van der Waals surface area (Å²) in [7, 11) is -2.43. The van der Waals surface area contributed by atoms with E-state index in [1.54, 1.807) is 24.3 Å². The molecule has 0 spiro atoms. The van der Waals surface area contributed by atoms with Crippen LogP contribution in [0.25, 0.3) is 0 Å². The van der Waals surface area contributed by atoms with Crippen molar-refractivity contribution in [3.63, 3.8) is 0 Å². The van der Waals surface area contributed by atoms with Crippen molar-refractivity contribution in [2.24, 2.45) is 0 Å². The Morgan fingerprint density at radius 2 is 1.64 bits per heavy atom. The minimum Gasteiger partial charge on any atom is -0.497 e. The van der Waals surface area contributed by atoms with Gasteiger partial charge in [0, 0.05) is 12.2 Å². The Morgan fingerprint density at radius 1 is 0.939 bits per heavy atom. The highest BCUT2D eigenvalue weighted by Crippen LogP contribution is 2.20. The van der Waals surface area contributed by atoms with Gasteiger partial charge in [-0.2, -0.15) is 0 Å². The molecule has 0 aliphatic carbocycles. The van der Waals surface area contributed by atoms with Crippen LogP contribution in [0, 0.1) is 6.92 Å². The van der Waals surface area contributed by atoms with Crippen molar-refractivity contribution in [3.05, 3.63) is 89.5 Å². The van der Waals surface area contributed by atoms with Gasteiger partial charge in [0.15, 0.2) is 6.61 Å². The van der Waals surface area contributed by atoms with Crippen LogP contribution in [0.4, 0.5) is 5.69 Å². The lowest BCUT2D eigenvalue weighted by molar-refractivity contribution is -0.124. The smallest absolute Gasteiger partial charge is 0.338 e. The lowest BCUT2D eigenvalue weighted by Gasteiger charge is -2.10. The molecule has 9 heteroatoms. The Morgan fingerprint density at radius 3 is 2.30 bits per heavy atom. The average molecular weight is 469 g/mol. The maximum Gasteiger partial charge on any atom is 0.338 e. The van der Waals surface area contributed by atoms with Gasteiger partial charge in [0.2, 0.25) is 0 Å². The van der Waals surface area contributed by atoms with Crippen molar-refractivity contribution in [2.45, 2.75) is 18.4 Å². The van der Waals surface area contributed by atoms with E-state index in [4.69, 9.17) is 9.47 Å². The van der Waals surface area contributed by atoms with Crippen LogP contribution < -0.4 is 14.8 Å². The number of anilines is 1. The van der Waals surface area contributed by atoms with E-state index in [0.717, 1.165) is 11.1 Å². The molecule has 0 aromatic heterocycles. The Bertz CT molecular complexity index is 1220. The minimum atomic E-state index is -3.94. The third kappa shape index (κ3) is 6.81. The summed E-state index contributed by atoms with van der Waals surface area (Å²) in [5.41, 5.74) is 2.39. The van der Waals surface area contributed by atoms with Gasteiger partial charge in [-0.25, -0.2) is 13.2 Å².